The van der Waals surface area contributed by atoms with Crippen molar-refractivity contribution in [1.29, 1.82) is 0 Å². The normalized spacial score (nSPS) is 17.4. The third kappa shape index (κ3) is 3.94. The molecule has 1 saturated heterocycles. The minimum absolute atomic E-state index is 0.0171. The molecule has 1 N–H and O–H groups in total. The summed E-state index contributed by atoms with van der Waals surface area (Å²) >= 11 is 5.86. The summed E-state index contributed by atoms with van der Waals surface area (Å²) in [6.45, 7) is 1.49. The van der Waals surface area contributed by atoms with E-state index in [1.807, 2.05) is 6.07 Å². The number of halogens is 1. The second-order valence-electron chi connectivity index (χ2n) is 5.72. The zero-order chi connectivity index (χ0) is 16.9. The quantitative estimate of drug-likeness (QED) is 0.921. The van der Waals surface area contributed by atoms with E-state index in [0.29, 0.717) is 17.4 Å². The smallest absolute Gasteiger partial charge is 0.233 e. The van der Waals surface area contributed by atoms with Gasteiger partial charge in [-0.2, -0.15) is 0 Å². The molecule has 1 aliphatic heterocycles. The first-order chi connectivity index (χ1) is 11.7. The van der Waals surface area contributed by atoms with Gasteiger partial charge in [0.05, 0.1) is 13.0 Å². The number of nitrogens with zero attached hydrogens (tertiary/aromatic N) is 3. The van der Waals surface area contributed by atoms with Crippen molar-refractivity contribution < 1.29 is 9.53 Å². The summed E-state index contributed by atoms with van der Waals surface area (Å²) in [7, 11) is 1.56. The highest BCUT2D eigenvalue weighted by Gasteiger charge is 2.26. The number of methoxy groups -OCH3 is 1. The Morgan fingerprint density at radius 3 is 2.71 bits per heavy atom. The zero-order valence-electron chi connectivity index (χ0n) is 13.4. The molecule has 1 fully saturated rings. The van der Waals surface area contributed by atoms with E-state index in [9.17, 15) is 4.79 Å². The number of carbonyl (C=O) groups is 1. The number of rotatable bonds is 4. The van der Waals surface area contributed by atoms with Crippen LogP contribution in [0.25, 0.3) is 0 Å². The molecule has 1 atom stereocenters. The van der Waals surface area contributed by atoms with Crippen LogP contribution in [-0.2, 0) is 4.79 Å². The maximum Gasteiger partial charge on any atom is 0.233 e. The van der Waals surface area contributed by atoms with Crippen molar-refractivity contribution in [1.82, 2.24) is 10.2 Å². The van der Waals surface area contributed by atoms with E-state index in [0.717, 1.165) is 30.9 Å². The Bertz CT molecular complexity index is 691. The Labute approximate surface area is 145 Å². The monoisotopic (exact) mass is 346 g/mol. The van der Waals surface area contributed by atoms with Crippen molar-refractivity contribution >= 4 is 29.0 Å². The predicted molar refractivity (Wildman–Crippen MR) is 93.6 cm³/mol. The van der Waals surface area contributed by atoms with E-state index >= 15 is 0 Å². The van der Waals surface area contributed by atoms with E-state index in [4.69, 9.17) is 16.3 Å². The molecule has 1 amide bonds. The Morgan fingerprint density at radius 2 is 2.04 bits per heavy atom. The summed E-state index contributed by atoms with van der Waals surface area (Å²) in [5, 5.41) is 11.8. The van der Waals surface area contributed by atoms with Crippen LogP contribution in [-0.4, -0.2) is 36.3 Å². The molecule has 126 valence electrons. The Balaban J connectivity index is 1.63. The summed E-state index contributed by atoms with van der Waals surface area (Å²) in [5.41, 5.74) is 0.755. The summed E-state index contributed by atoms with van der Waals surface area (Å²) in [5.74, 6) is 1.18. The molecule has 1 aromatic carbocycles. The summed E-state index contributed by atoms with van der Waals surface area (Å²) < 4.78 is 5.02. The standard InChI is InChI=1S/C17H19ClN4O2/c1-24-16-9-8-15(20-21-16)22-10-2-3-12(11-22)17(23)19-14-6-4-13(18)5-7-14/h4-9,12H,2-3,10-11H2,1H3,(H,19,23)/t12-/m1/s1. The lowest BCUT2D eigenvalue weighted by molar-refractivity contribution is -0.120. The molecule has 0 unspecified atom stereocenters. The predicted octanol–water partition coefficient (Wildman–Crippen LogP) is 2.99. The largest absolute Gasteiger partial charge is 0.480 e. The van der Waals surface area contributed by atoms with Gasteiger partial charge in [-0.25, -0.2) is 0 Å². The molecular weight excluding hydrogens is 328 g/mol. The van der Waals surface area contributed by atoms with Gasteiger partial charge in [0.1, 0.15) is 0 Å². The highest BCUT2D eigenvalue weighted by atomic mass is 35.5. The first kappa shape index (κ1) is 16.5. The number of carbonyl (C=O) groups excluding carboxylic acids is 1. The highest BCUT2D eigenvalue weighted by Crippen LogP contribution is 2.23. The first-order valence-corrected chi connectivity index (χ1v) is 8.22. The lowest BCUT2D eigenvalue weighted by Gasteiger charge is -2.32. The second-order valence-corrected chi connectivity index (χ2v) is 6.15. The lowest BCUT2D eigenvalue weighted by Crippen LogP contribution is -2.41. The molecule has 0 radical (unpaired) electrons. The molecule has 0 spiro atoms. The van der Waals surface area contributed by atoms with Crippen LogP contribution in [0.5, 0.6) is 5.88 Å². The number of piperidine rings is 1. The van der Waals surface area contributed by atoms with Crippen molar-refractivity contribution in [2.24, 2.45) is 5.92 Å². The van der Waals surface area contributed by atoms with Gasteiger partial charge in [0, 0.05) is 29.9 Å². The van der Waals surface area contributed by atoms with Gasteiger partial charge in [0.25, 0.3) is 0 Å². The number of hydrogen-bond donors (Lipinski definition) is 1. The first-order valence-electron chi connectivity index (χ1n) is 7.85. The third-order valence-electron chi connectivity index (χ3n) is 4.06. The zero-order valence-corrected chi connectivity index (χ0v) is 14.2. The van der Waals surface area contributed by atoms with Crippen LogP contribution >= 0.6 is 11.6 Å². The topological polar surface area (TPSA) is 67.3 Å². The van der Waals surface area contributed by atoms with Crippen molar-refractivity contribution in [2.45, 2.75) is 12.8 Å². The van der Waals surface area contributed by atoms with Gasteiger partial charge in [-0.1, -0.05) is 11.6 Å². The molecule has 24 heavy (non-hydrogen) atoms. The van der Waals surface area contributed by atoms with Crippen LogP contribution < -0.4 is 15.0 Å². The fourth-order valence-corrected chi connectivity index (χ4v) is 2.89. The third-order valence-corrected chi connectivity index (χ3v) is 4.32. The van der Waals surface area contributed by atoms with Crippen molar-refractivity contribution in [3.63, 3.8) is 0 Å². The fourth-order valence-electron chi connectivity index (χ4n) is 2.77. The number of amides is 1. The number of ether oxygens (including phenoxy) is 1. The van der Waals surface area contributed by atoms with Crippen molar-refractivity contribution in [2.75, 3.05) is 30.4 Å². The SMILES string of the molecule is COc1ccc(N2CCC[C@@H](C(=O)Nc3ccc(Cl)cc3)C2)nn1. The van der Waals surface area contributed by atoms with Gasteiger partial charge in [-0.15, -0.1) is 10.2 Å². The number of hydrogen-bond acceptors (Lipinski definition) is 5. The Kier molecular flexibility index (Phi) is 5.15. The molecule has 0 saturated carbocycles. The minimum atomic E-state index is -0.0849. The second kappa shape index (κ2) is 7.49. The van der Waals surface area contributed by atoms with Crippen molar-refractivity contribution in [3.05, 3.63) is 41.4 Å². The lowest BCUT2D eigenvalue weighted by atomic mass is 9.97. The van der Waals surface area contributed by atoms with Crippen LogP contribution in [0.3, 0.4) is 0 Å². The van der Waals surface area contributed by atoms with Gasteiger partial charge in [0.2, 0.25) is 11.8 Å². The number of aromatic nitrogens is 2. The molecule has 7 heteroatoms. The Hall–Kier alpha value is -2.34. The van der Waals surface area contributed by atoms with Crippen LogP contribution in [0.4, 0.5) is 11.5 Å². The summed E-state index contributed by atoms with van der Waals surface area (Å²) in [6.07, 6.45) is 1.80. The van der Waals surface area contributed by atoms with Crippen molar-refractivity contribution in [3.8, 4) is 5.88 Å². The maximum atomic E-state index is 12.5. The van der Waals surface area contributed by atoms with Crippen LogP contribution in [0.1, 0.15) is 12.8 Å². The Morgan fingerprint density at radius 1 is 1.25 bits per heavy atom. The van der Waals surface area contributed by atoms with Crippen LogP contribution in [0, 0.1) is 5.92 Å². The molecule has 0 aliphatic carbocycles. The van der Waals surface area contributed by atoms with Gasteiger partial charge in [-0.05, 0) is 43.2 Å². The average Bonchev–Trinajstić information content (AvgIpc) is 2.64. The summed E-state index contributed by atoms with van der Waals surface area (Å²) in [4.78, 5) is 14.6. The van der Waals surface area contributed by atoms with Gasteiger partial charge in [-0.3, -0.25) is 4.79 Å². The minimum Gasteiger partial charge on any atom is -0.480 e. The molecule has 0 bridgehead atoms. The van der Waals surface area contributed by atoms with E-state index in [2.05, 4.69) is 20.4 Å². The van der Waals surface area contributed by atoms with E-state index in [1.54, 1.807) is 37.4 Å². The van der Waals surface area contributed by atoms with Gasteiger partial charge in [0.15, 0.2) is 5.82 Å². The van der Waals surface area contributed by atoms with E-state index in [1.165, 1.54) is 0 Å². The molecule has 1 aromatic heterocycles. The van der Waals surface area contributed by atoms with Gasteiger partial charge >= 0.3 is 0 Å². The maximum absolute atomic E-state index is 12.5. The molecule has 1 aliphatic rings. The molecule has 2 aromatic rings. The molecule has 2 heterocycles. The number of nitrogens with one attached hydrogen (secondary N) is 1. The fraction of sp³-hybridized carbons (Fsp3) is 0.353. The average molecular weight is 347 g/mol. The molecular formula is C17H19ClN4O2. The summed E-state index contributed by atoms with van der Waals surface area (Å²) in [6, 6.07) is 10.8. The number of benzene rings is 1. The van der Waals surface area contributed by atoms with Crippen LogP contribution in [0.2, 0.25) is 5.02 Å². The molecule has 3 rings (SSSR count). The number of anilines is 2. The van der Waals surface area contributed by atoms with Crippen LogP contribution in [0.15, 0.2) is 36.4 Å². The highest BCUT2D eigenvalue weighted by molar-refractivity contribution is 6.30. The van der Waals surface area contributed by atoms with Gasteiger partial charge < -0.3 is 15.0 Å². The molecule has 6 nitrogen and oxygen atoms in total. The van der Waals surface area contributed by atoms with E-state index in [-0.39, 0.29) is 11.8 Å². The van der Waals surface area contributed by atoms with E-state index < -0.39 is 0 Å².